The molecule has 0 saturated heterocycles. The summed E-state index contributed by atoms with van der Waals surface area (Å²) in [5.41, 5.74) is 1.12. The van der Waals surface area contributed by atoms with Gasteiger partial charge in [-0.05, 0) is 38.1 Å². The van der Waals surface area contributed by atoms with Gasteiger partial charge in [-0.1, -0.05) is 31.0 Å². The zero-order valence-electron chi connectivity index (χ0n) is 10.2. The fourth-order valence-electron chi connectivity index (χ4n) is 1.58. The number of rotatable bonds is 6. The Bertz CT molecular complexity index is 328. The van der Waals surface area contributed by atoms with Crippen molar-refractivity contribution in [3.8, 4) is 5.75 Å². The Morgan fingerprint density at radius 2 is 2.19 bits per heavy atom. The molecule has 1 atom stereocenters. The number of halogens is 1. The first-order chi connectivity index (χ1) is 7.67. The van der Waals surface area contributed by atoms with E-state index in [1.54, 1.807) is 0 Å². The number of hydrogen-bond acceptors (Lipinski definition) is 2. The van der Waals surface area contributed by atoms with Gasteiger partial charge < -0.3 is 10.1 Å². The Balaban J connectivity index is 2.55. The van der Waals surface area contributed by atoms with E-state index >= 15 is 0 Å². The maximum absolute atomic E-state index is 5.93. The molecular weight excluding hydrogens is 222 g/mol. The number of benzene rings is 1. The summed E-state index contributed by atoms with van der Waals surface area (Å²) in [6.07, 6.45) is 2.28. The molecule has 1 aromatic carbocycles. The Kier molecular flexibility index (Phi) is 5.64. The molecule has 1 N–H and O–H groups in total. The van der Waals surface area contributed by atoms with Gasteiger partial charge in [0, 0.05) is 11.1 Å². The number of aryl methyl sites for hydroxylation is 1. The second-order valence-corrected chi connectivity index (χ2v) is 4.43. The van der Waals surface area contributed by atoms with E-state index < -0.39 is 0 Å². The molecule has 1 aromatic rings. The largest absolute Gasteiger partial charge is 0.492 e. The van der Waals surface area contributed by atoms with Crippen LogP contribution < -0.4 is 10.1 Å². The predicted molar refractivity (Wildman–Crippen MR) is 69.4 cm³/mol. The van der Waals surface area contributed by atoms with Gasteiger partial charge >= 0.3 is 0 Å². The summed E-state index contributed by atoms with van der Waals surface area (Å²) in [7, 11) is 1.97. The van der Waals surface area contributed by atoms with Crippen LogP contribution in [-0.4, -0.2) is 19.7 Å². The maximum Gasteiger partial charge on any atom is 0.123 e. The lowest BCUT2D eigenvalue weighted by molar-refractivity contribution is 0.261. The molecule has 3 heteroatoms. The number of likely N-dealkylation sites (N-methyl/N-ethyl adjacent to an activating group) is 1. The summed E-state index contributed by atoms with van der Waals surface area (Å²) >= 11 is 5.93. The molecule has 0 aliphatic carbocycles. The molecule has 0 bridgehead atoms. The molecule has 90 valence electrons. The van der Waals surface area contributed by atoms with E-state index in [1.807, 2.05) is 32.2 Å². The Morgan fingerprint density at radius 1 is 1.44 bits per heavy atom. The van der Waals surface area contributed by atoms with Crippen LogP contribution in [-0.2, 0) is 0 Å². The molecule has 16 heavy (non-hydrogen) atoms. The topological polar surface area (TPSA) is 21.3 Å². The summed E-state index contributed by atoms with van der Waals surface area (Å²) in [5.74, 6) is 0.879. The molecule has 0 aliphatic rings. The third kappa shape index (κ3) is 4.03. The highest BCUT2D eigenvalue weighted by molar-refractivity contribution is 6.30. The molecule has 0 heterocycles. The highest BCUT2D eigenvalue weighted by Gasteiger charge is 2.07. The van der Waals surface area contributed by atoms with Gasteiger partial charge in [0.05, 0.1) is 0 Å². The van der Waals surface area contributed by atoms with Crippen LogP contribution >= 0.6 is 11.6 Å². The van der Waals surface area contributed by atoms with Crippen LogP contribution in [0.2, 0.25) is 5.02 Å². The van der Waals surface area contributed by atoms with Gasteiger partial charge in [0.1, 0.15) is 12.4 Å². The van der Waals surface area contributed by atoms with Gasteiger partial charge in [-0.3, -0.25) is 0 Å². The summed E-state index contributed by atoms with van der Waals surface area (Å²) in [4.78, 5) is 0. The number of hydrogen-bond donors (Lipinski definition) is 1. The minimum absolute atomic E-state index is 0.406. The van der Waals surface area contributed by atoms with E-state index in [2.05, 4.69) is 12.2 Å². The highest BCUT2D eigenvalue weighted by atomic mass is 35.5. The fourth-order valence-corrected chi connectivity index (χ4v) is 1.74. The normalized spacial score (nSPS) is 12.5. The SMILES string of the molecule is CCCC(COc1cc(Cl)ccc1C)NC. The lowest BCUT2D eigenvalue weighted by atomic mass is 10.2. The lowest BCUT2D eigenvalue weighted by Gasteiger charge is -2.17. The van der Waals surface area contributed by atoms with E-state index in [0.29, 0.717) is 12.6 Å². The van der Waals surface area contributed by atoms with Gasteiger partial charge in [-0.25, -0.2) is 0 Å². The van der Waals surface area contributed by atoms with Crippen LogP contribution in [0.15, 0.2) is 18.2 Å². The van der Waals surface area contributed by atoms with Crippen molar-refractivity contribution in [3.63, 3.8) is 0 Å². The molecule has 1 unspecified atom stereocenters. The van der Waals surface area contributed by atoms with Crippen LogP contribution in [0, 0.1) is 6.92 Å². The molecule has 2 nitrogen and oxygen atoms in total. The highest BCUT2D eigenvalue weighted by Crippen LogP contribution is 2.22. The minimum atomic E-state index is 0.406. The molecule has 0 amide bonds. The van der Waals surface area contributed by atoms with Gasteiger partial charge in [0.2, 0.25) is 0 Å². The number of ether oxygens (including phenoxy) is 1. The third-order valence-corrected chi connectivity index (χ3v) is 2.87. The van der Waals surface area contributed by atoms with Crippen LogP contribution in [0.5, 0.6) is 5.75 Å². The van der Waals surface area contributed by atoms with Crippen molar-refractivity contribution in [1.82, 2.24) is 5.32 Å². The molecule has 0 spiro atoms. The summed E-state index contributed by atoms with van der Waals surface area (Å²) in [6.45, 7) is 4.89. The van der Waals surface area contributed by atoms with Crippen molar-refractivity contribution in [3.05, 3.63) is 28.8 Å². The van der Waals surface area contributed by atoms with Crippen LogP contribution in [0.3, 0.4) is 0 Å². The average Bonchev–Trinajstić information content (AvgIpc) is 2.28. The lowest BCUT2D eigenvalue weighted by Crippen LogP contribution is -2.31. The fraction of sp³-hybridized carbons (Fsp3) is 0.538. The zero-order chi connectivity index (χ0) is 12.0. The van der Waals surface area contributed by atoms with Gasteiger partial charge in [0.25, 0.3) is 0 Å². The van der Waals surface area contributed by atoms with Crippen molar-refractivity contribution in [1.29, 1.82) is 0 Å². The Morgan fingerprint density at radius 3 is 2.81 bits per heavy atom. The molecule has 0 fully saturated rings. The van der Waals surface area contributed by atoms with E-state index in [-0.39, 0.29) is 0 Å². The van der Waals surface area contributed by atoms with Gasteiger partial charge in [-0.2, -0.15) is 0 Å². The third-order valence-electron chi connectivity index (χ3n) is 2.64. The van der Waals surface area contributed by atoms with Crippen LogP contribution in [0.1, 0.15) is 25.3 Å². The second-order valence-electron chi connectivity index (χ2n) is 4.00. The quantitative estimate of drug-likeness (QED) is 0.824. The van der Waals surface area contributed by atoms with Crippen molar-refractivity contribution >= 4 is 11.6 Å². The van der Waals surface area contributed by atoms with Crippen LogP contribution in [0.4, 0.5) is 0 Å². The smallest absolute Gasteiger partial charge is 0.123 e. The molecular formula is C13H20ClNO. The summed E-state index contributed by atoms with van der Waals surface area (Å²) < 4.78 is 5.78. The Hall–Kier alpha value is -0.730. The second kappa shape index (κ2) is 6.77. The van der Waals surface area contributed by atoms with Crippen molar-refractivity contribution < 1.29 is 4.74 Å². The molecule has 0 saturated carbocycles. The van der Waals surface area contributed by atoms with Crippen molar-refractivity contribution in [2.24, 2.45) is 0 Å². The minimum Gasteiger partial charge on any atom is -0.492 e. The van der Waals surface area contributed by atoms with Gasteiger partial charge in [-0.15, -0.1) is 0 Å². The first-order valence-electron chi connectivity index (χ1n) is 5.73. The van der Waals surface area contributed by atoms with E-state index in [1.165, 1.54) is 0 Å². The standard InChI is InChI=1S/C13H20ClNO/c1-4-5-12(15-3)9-16-13-8-11(14)7-6-10(13)2/h6-8,12,15H,4-5,9H2,1-3H3. The van der Waals surface area contributed by atoms with Crippen molar-refractivity contribution in [2.45, 2.75) is 32.7 Å². The summed E-state index contributed by atoms with van der Waals surface area (Å²) in [6, 6.07) is 6.13. The molecule has 0 aromatic heterocycles. The molecule has 0 aliphatic heterocycles. The molecule has 0 radical (unpaired) electrons. The zero-order valence-corrected chi connectivity index (χ0v) is 11.0. The first-order valence-corrected chi connectivity index (χ1v) is 6.11. The van der Waals surface area contributed by atoms with Gasteiger partial charge in [0.15, 0.2) is 0 Å². The number of nitrogens with one attached hydrogen (secondary N) is 1. The summed E-state index contributed by atoms with van der Waals surface area (Å²) in [5, 5.41) is 3.97. The first kappa shape index (κ1) is 13.3. The van der Waals surface area contributed by atoms with E-state index in [9.17, 15) is 0 Å². The molecule has 1 rings (SSSR count). The monoisotopic (exact) mass is 241 g/mol. The van der Waals surface area contributed by atoms with E-state index in [4.69, 9.17) is 16.3 Å². The van der Waals surface area contributed by atoms with E-state index in [0.717, 1.165) is 29.2 Å². The average molecular weight is 242 g/mol. The predicted octanol–water partition coefficient (Wildman–Crippen LogP) is 3.42. The van der Waals surface area contributed by atoms with Crippen LogP contribution in [0.25, 0.3) is 0 Å². The van der Waals surface area contributed by atoms with Crippen molar-refractivity contribution in [2.75, 3.05) is 13.7 Å². The Labute approximate surface area is 103 Å². The maximum atomic E-state index is 5.93.